The van der Waals surface area contributed by atoms with Crippen molar-refractivity contribution < 1.29 is 0 Å². The zero-order valence-electron chi connectivity index (χ0n) is 9.96. The molecule has 1 heterocycles. The highest BCUT2D eigenvalue weighted by atomic mass is 32.1. The van der Waals surface area contributed by atoms with E-state index >= 15 is 0 Å². The van der Waals surface area contributed by atoms with Crippen LogP contribution in [0.1, 0.15) is 62.4 Å². The number of hydrogen-bond acceptors (Lipinski definition) is 2. The molecule has 16 heavy (non-hydrogen) atoms. The van der Waals surface area contributed by atoms with Crippen molar-refractivity contribution in [1.29, 1.82) is 0 Å². The Morgan fingerprint density at radius 1 is 1.19 bits per heavy atom. The molecule has 0 saturated heterocycles. The van der Waals surface area contributed by atoms with Crippen molar-refractivity contribution in [2.75, 3.05) is 0 Å². The standard InChI is InChI=1S/C13H20N2S/c1-10-9-12(16)15-13(14-10)11-7-5-3-2-4-6-8-11/h9,11H,2-8H2,1H3,(H,14,15,16). The van der Waals surface area contributed by atoms with Gasteiger partial charge in [-0.15, -0.1) is 0 Å². The van der Waals surface area contributed by atoms with E-state index in [0.29, 0.717) is 5.92 Å². The number of rotatable bonds is 1. The molecular weight excluding hydrogens is 216 g/mol. The first-order chi connectivity index (χ1) is 7.75. The molecule has 1 N–H and O–H groups in total. The van der Waals surface area contributed by atoms with Crippen LogP contribution in [0.2, 0.25) is 0 Å². The van der Waals surface area contributed by atoms with Gasteiger partial charge in [0.2, 0.25) is 0 Å². The number of aromatic nitrogens is 2. The van der Waals surface area contributed by atoms with Gasteiger partial charge in [0, 0.05) is 11.6 Å². The molecule has 1 fully saturated rings. The van der Waals surface area contributed by atoms with Gasteiger partial charge in [0.05, 0.1) is 0 Å². The minimum Gasteiger partial charge on any atom is -0.347 e. The van der Waals surface area contributed by atoms with Gasteiger partial charge in [-0.05, 0) is 25.8 Å². The number of nitrogens with zero attached hydrogens (tertiary/aromatic N) is 1. The van der Waals surface area contributed by atoms with E-state index in [4.69, 9.17) is 12.2 Å². The second-order valence-electron chi connectivity index (χ2n) is 4.83. The second-order valence-corrected chi connectivity index (χ2v) is 5.25. The van der Waals surface area contributed by atoms with E-state index in [1.54, 1.807) is 0 Å². The summed E-state index contributed by atoms with van der Waals surface area (Å²) >= 11 is 5.19. The quantitative estimate of drug-likeness (QED) is 0.737. The van der Waals surface area contributed by atoms with Crippen LogP contribution in [0.15, 0.2) is 6.07 Å². The molecule has 1 aromatic heterocycles. The lowest BCUT2D eigenvalue weighted by atomic mass is 9.90. The van der Waals surface area contributed by atoms with Crippen molar-refractivity contribution in [2.45, 2.75) is 57.8 Å². The molecule has 0 bridgehead atoms. The van der Waals surface area contributed by atoms with Gasteiger partial charge in [0.25, 0.3) is 0 Å². The largest absolute Gasteiger partial charge is 0.347 e. The molecule has 0 aromatic carbocycles. The zero-order chi connectivity index (χ0) is 11.4. The highest BCUT2D eigenvalue weighted by molar-refractivity contribution is 7.71. The SMILES string of the molecule is Cc1cc(=S)nc(C2CCCCCCC2)[nH]1. The molecule has 1 aromatic rings. The van der Waals surface area contributed by atoms with Crippen molar-refractivity contribution in [3.8, 4) is 0 Å². The Hall–Kier alpha value is -0.700. The Bertz CT molecular complexity index is 389. The highest BCUT2D eigenvalue weighted by Crippen LogP contribution is 2.28. The molecular formula is C13H20N2S. The van der Waals surface area contributed by atoms with E-state index in [1.165, 1.54) is 44.9 Å². The zero-order valence-corrected chi connectivity index (χ0v) is 10.8. The average molecular weight is 236 g/mol. The Kier molecular flexibility index (Phi) is 4.10. The number of H-pyrrole nitrogens is 1. The van der Waals surface area contributed by atoms with Gasteiger partial charge in [-0.3, -0.25) is 0 Å². The summed E-state index contributed by atoms with van der Waals surface area (Å²) in [6.45, 7) is 2.06. The predicted octanol–water partition coefficient (Wildman–Crippen LogP) is 4.28. The number of aromatic amines is 1. The first kappa shape index (κ1) is 11.8. The summed E-state index contributed by atoms with van der Waals surface area (Å²) in [4.78, 5) is 7.88. The summed E-state index contributed by atoms with van der Waals surface area (Å²) in [5.74, 6) is 1.72. The summed E-state index contributed by atoms with van der Waals surface area (Å²) in [5.41, 5.74) is 1.14. The fourth-order valence-corrected chi connectivity index (χ4v) is 2.80. The van der Waals surface area contributed by atoms with E-state index in [-0.39, 0.29) is 0 Å². The summed E-state index contributed by atoms with van der Waals surface area (Å²) < 4.78 is 0.730. The Labute approximate surface area is 103 Å². The van der Waals surface area contributed by atoms with Crippen LogP contribution in [-0.2, 0) is 0 Å². The van der Waals surface area contributed by atoms with Crippen LogP contribution in [0.3, 0.4) is 0 Å². The average Bonchev–Trinajstić information content (AvgIpc) is 2.14. The van der Waals surface area contributed by atoms with Gasteiger partial charge in [-0.2, -0.15) is 0 Å². The van der Waals surface area contributed by atoms with Gasteiger partial charge in [0.1, 0.15) is 10.5 Å². The molecule has 0 unspecified atom stereocenters. The molecule has 0 spiro atoms. The van der Waals surface area contributed by atoms with E-state index in [2.05, 4.69) is 16.9 Å². The highest BCUT2D eigenvalue weighted by Gasteiger charge is 2.15. The van der Waals surface area contributed by atoms with Crippen LogP contribution in [0.5, 0.6) is 0 Å². The van der Waals surface area contributed by atoms with E-state index in [1.807, 2.05) is 6.07 Å². The molecule has 1 aliphatic rings. The van der Waals surface area contributed by atoms with Gasteiger partial charge < -0.3 is 4.98 Å². The maximum Gasteiger partial charge on any atom is 0.129 e. The van der Waals surface area contributed by atoms with E-state index < -0.39 is 0 Å². The van der Waals surface area contributed by atoms with Gasteiger partial charge in [0.15, 0.2) is 0 Å². The Morgan fingerprint density at radius 3 is 2.44 bits per heavy atom. The van der Waals surface area contributed by atoms with Gasteiger partial charge in [-0.1, -0.05) is 44.3 Å². The molecule has 1 saturated carbocycles. The first-order valence-corrected chi connectivity index (χ1v) is 6.74. The summed E-state index contributed by atoms with van der Waals surface area (Å²) in [6.07, 6.45) is 9.36. The summed E-state index contributed by atoms with van der Waals surface area (Å²) in [5, 5.41) is 0. The van der Waals surface area contributed by atoms with Crippen LogP contribution < -0.4 is 0 Å². The third-order valence-corrected chi connectivity index (χ3v) is 3.60. The predicted molar refractivity (Wildman–Crippen MR) is 69.2 cm³/mol. The minimum atomic E-state index is 0.599. The lowest BCUT2D eigenvalue weighted by Gasteiger charge is -2.19. The molecule has 0 aliphatic heterocycles. The van der Waals surface area contributed by atoms with E-state index in [9.17, 15) is 0 Å². The summed E-state index contributed by atoms with van der Waals surface area (Å²) in [6, 6.07) is 1.93. The van der Waals surface area contributed by atoms with Crippen LogP contribution in [-0.4, -0.2) is 9.97 Å². The molecule has 2 nitrogen and oxygen atoms in total. The van der Waals surface area contributed by atoms with Crippen molar-refractivity contribution in [3.05, 3.63) is 22.2 Å². The Balaban J connectivity index is 2.17. The molecule has 0 amide bonds. The van der Waals surface area contributed by atoms with Crippen molar-refractivity contribution in [2.24, 2.45) is 0 Å². The Morgan fingerprint density at radius 2 is 1.81 bits per heavy atom. The minimum absolute atomic E-state index is 0.599. The smallest absolute Gasteiger partial charge is 0.129 e. The number of nitrogens with one attached hydrogen (secondary N) is 1. The topological polar surface area (TPSA) is 28.7 Å². The molecule has 0 atom stereocenters. The molecule has 88 valence electrons. The fourth-order valence-electron chi connectivity index (χ4n) is 2.53. The third kappa shape index (κ3) is 3.14. The molecule has 1 aliphatic carbocycles. The van der Waals surface area contributed by atoms with Gasteiger partial charge in [-0.25, -0.2) is 4.98 Å². The van der Waals surface area contributed by atoms with E-state index in [0.717, 1.165) is 16.2 Å². The fraction of sp³-hybridized carbons (Fsp3) is 0.692. The lowest BCUT2D eigenvalue weighted by Crippen LogP contribution is -2.07. The van der Waals surface area contributed by atoms with Crippen molar-refractivity contribution in [3.63, 3.8) is 0 Å². The van der Waals surface area contributed by atoms with Gasteiger partial charge >= 0.3 is 0 Å². The normalized spacial score (nSPS) is 19.1. The van der Waals surface area contributed by atoms with Crippen LogP contribution in [0.4, 0.5) is 0 Å². The second kappa shape index (κ2) is 5.58. The molecule has 0 radical (unpaired) electrons. The summed E-state index contributed by atoms with van der Waals surface area (Å²) in [7, 11) is 0. The monoisotopic (exact) mass is 236 g/mol. The maximum atomic E-state index is 5.19. The number of hydrogen-bond donors (Lipinski definition) is 1. The van der Waals surface area contributed by atoms with Crippen LogP contribution in [0, 0.1) is 11.6 Å². The number of aryl methyl sites for hydroxylation is 1. The molecule has 3 heteroatoms. The molecule has 2 rings (SSSR count). The third-order valence-electron chi connectivity index (χ3n) is 3.39. The van der Waals surface area contributed by atoms with Crippen LogP contribution >= 0.6 is 12.2 Å². The van der Waals surface area contributed by atoms with Crippen LogP contribution in [0.25, 0.3) is 0 Å². The lowest BCUT2D eigenvalue weighted by molar-refractivity contribution is 0.441. The van der Waals surface area contributed by atoms with Crippen molar-refractivity contribution >= 4 is 12.2 Å². The first-order valence-electron chi connectivity index (χ1n) is 6.33. The van der Waals surface area contributed by atoms with Crippen molar-refractivity contribution in [1.82, 2.24) is 9.97 Å². The maximum absolute atomic E-state index is 5.19.